The highest BCUT2D eigenvalue weighted by atomic mass is 127. The van der Waals surface area contributed by atoms with E-state index >= 15 is 0 Å². The smallest absolute Gasteiger partial charge is 0.414 e. The van der Waals surface area contributed by atoms with E-state index in [1.165, 1.54) is 33.7 Å². The fraction of sp³-hybridized carbons (Fsp3) is 0.250. The lowest BCUT2D eigenvalue weighted by atomic mass is 10.1. The van der Waals surface area contributed by atoms with Crippen LogP contribution in [0.2, 0.25) is 0 Å². The largest absolute Gasteiger partial charge is 0.477 e. The molecular weight excluding hydrogens is 1450 g/mol. The summed E-state index contributed by atoms with van der Waals surface area (Å²) in [7, 11) is 0. The Morgan fingerprint density at radius 3 is 2.00 bits per heavy atom. The van der Waals surface area contributed by atoms with Crippen molar-refractivity contribution >= 4 is 151 Å². The Bertz CT molecular complexity index is 3420. The zero-order chi connectivity index (χ0) is 57.6. The van der Waals surface area contributed by atoms with E-state index in [-0.39, 0.29) is 102 Å². The number of allylic oxidation sites excluding steroid dienone is 3. The number of nitrogen functional groups attached to an aromatic ring is 1. The highest BCUT2D eigenvalue weighted by molar-refractivity contribution is 14.0. The summed E-state index contributed by atoms with van der Waals surface area (Å²) in [5.74, 6) is 1.30. The number of pyridine rings is 3. The number of carbonyl (C=O) groups is 2. The molecule has 1 aliphatic rings. The first-order valence-electron chi connectivity index (χ1n) is 24.0. The molecule has 82 heavy (non-hydrogen) atoms. The van der Waals surface area contributed by atoms with Crippen LogP contribution in [0.5, 0.6) is 5.88 Å². The highest BCUT2D eigenvalue weighted by Crippen LogP contribution is 2.38. The van der Waals surface area contributed by atoms with Crippen LogP contribution < -0.4 is 26.4 Å². The molecule has 2 amide bonds. The van der Waals surface area contributed by atoms with Crippen molar-refractivity contribution in [1.29, 1.82) is 0 Å². The van der Waals surface area contributed by atoms with E-state index in [4.69, 9.17) is 26.8 Å². The summed E-state index contributed by atoms with van der Waals surface area (Å²) < 4.78 is 17.8. The van der Waals surface area contributed by atoms with Gasteiger partial charge in [0.15, 0.2) is 15.0 Å². The number of hydrogen-bond acceptors (Lipinski definition) is 14. The normalized spacial score (nSPS) is 11.4. The molecule has 0 fully saturated rings. The van der Waals surface area contributed by atoms with Crippen LogP contribution >= 0.6 is 99.3 Å². The van der Waals surface area contributed by atoms with E-state index in [1.54, 1.807) is 30.6 Å². The van der Waals surface area contributed by atoms with Crippen molar-refractivity contribution in [3.05, 3.63) is 211 Å². The van der Waals surface area contributed by atoms with Crippen LogP contribution in [0.4, 0.5) is 38.2 Å². The van der Waals surface area contributed by atoms with E-state index in [0.29, 0.717) is 51.6 Å². The summed E-state index contributed by atoms with van der Waals surface area (Å²) in [4.78, 5) is 73.3. The van der Waals surface area contributed by atoms with Gasteiger partial charge < -0.3 is 24.9 Å². The van der Waals surface area contributed by atoms with Crippen molar-refractivity contribution in [2.45, 2.75) is 73.4 Å². The van der Waals surface area contributed by atoms with Crippen molar-refractivity contribution in [3.63, 3.8) is 0 Å². The molecule has 26 heteroatoms. The van der Waals surface area contributed by atoms with Crippen molar-refractivity contribution in [2.24, 2.45) is 0 Å². The summed E-state index contributed by atoms with van der Waals surface area (Å²) in [5, 5.41) is 24.7. The first-order chi connectivity index (χ1) is 37.9. The number of nitrogens with one attached hydrogen (secondary N) is 2. The van der Waals surface area contributed by atoms with Gasteiger partial charge in [0.2, 0.25) is 5.88 Å². The molecule has 438 valence electrons. The first kappa shape index (κ1) is 71.6. The SMILES string of the molecule is C.C.C=CCc1cccc(CCl)c1.C=CCc1cccc(CN(C(=O)OCC)c2cc(Br)nc(Br)c2[N+](=O)[O-])c1.CCOC(=O)Nc1cc(Br)nc(Br)c1[N+](=O)[O-].I.Nc1nc2cc3c1[nH]c(=O)n3Cc1cccc(c1)C/C=C/CCO2. The number of nitrogens with zero attached hydrogens (tertiary/aromatic N) is 7. The average Bonchev–Trinajstić information content (AvgIpc) is 3.71. The van der Waals surface area contributed by atoms with E-state index in [0.717, 1.165) is 36.0 Å². The lowest BCUT2D eigenvalue weighted by Gasteiger charge is -2.22. The van der Waals surface area contributed by atoms with Gasteiger partial charge in [-0.3, -0.25) is 35.0 Å². The monoisotopic (exact) mass is 1510 g/mol. The van der Waals surface area contributed by atoms with Gasteiger partial charge in [-0.15, -0.1) is 48.7 Å². The van der Waals surface area contributed by atoms with Gasteiger partial charge >= 0.3 is 29.3 Å². The van der Waals surface area contributed by atoms with Crippen LogP contribution in [0.1, 0.15) is 68.5 Å². The van der Waals surface area contributed by atoms with Crippen LogP contribution in [0.15, 0.2) is 152 Å². The Morgan fingerprint density at radius 1 is 0.817 bits per heavy atom. The minimum atomic E-state index is -0.763. The maximum atomic E-state index is 12.6. The van der Waals surface area contributed by atoms with Gasteiger partial charge in [0.05, 0.1) is 48.3 Å². The maximum Gasteiger partial charge on any atom is 0.414 e. The number of hydrogen-bond donors (Lipinski definition) is 3. The molecule has 0 radical (unpaired) electrons. The number of nitro groups is 2. The van der Waals surface area contributed by atoms with Gasteiger partial charge in [0.25, 0.3) is 0 Å². The third-order valence-corrected chi connectivity index (χ3v) is 13.1. The summed E-state index contributed by atoms with van der Waals surface area (Å²) in [5.41, 5.74) is 13.1. The summed E-state index contributed by atoms with van der Waals surface area (Å²) >= 11 is 18.0. The van der Waals surface area contributed by atoms with E-state index in [2.05, 4.69) is 143 Å². The molecular formula is C56H62Br4ClIN10O10. The minimum absolute atomic E-state index is 0. The molecule has 8 rings (SSSR count). The Morgan fingerprint density at radius 2 is 1.39 bits per heavy atom. The molecule has 3 aromatic carbocycles. The van der Waals surface area contributed by atoms with Crippen LogP contribution in [0, 0.1) is 20.2 Å². The van der Waals surface area contributed by atoms with Crippen molar-refractivity contribution < 1.29 is 33.6 Å². The minimum Gasteiger partial charge on any atom is -0.477 e. The quantitative estimate of drug-likeness (QED) is 0.0242. The number of imidazole rings is 1. The number of rotatable bonds is 13. The Hall–Kier alpha value is -6.52. The van der Waals surface area contributed by atoms with Crippen molar-refractivity contribution in [2.75, 3.05) is 35.8 Å². The third-order valence-electron chi connectivity index (χ3n) is 10.9. The number of benzene rings is 3. The lowest BCUT2D eigenvalue weighted by Crippen LogP contribution is -2.32. The molecule has 5 heterocycles. The predicted octanol–water partition coefficient (Wildman–Crippen LogP) is 15.8. The molecule has 4 bridgehead atoms. The number of anilines is 3. The predicted molar refractivity (Wildman–Crippen MR) is 349 cm³/mol. The molecule has 0 spiro atoms. The fourth-order valence-electron chi connectivity index (χ4n) is 7.51. The highest BCUT2D eigenvalue weighted by Gasteiger charge is 2.30. The van der Waals surface area contributed by atoms with E-state index in [1.807, 2.05) is 54.6 Å². The van der Waals surface area contributed by atoms with Crippen molar-refractivity contribution in [1.82, 2.24) is 24.5 Å². The zero-order valence-electron chi connectivity index (χ0n) is 43.0. The first-order valence-corrected chi connectivity index (χ1v) is 27.7. The van der Waals surface area contributed by atoms with Crippen LogP contribution in [0.25, 0.3) is 11.0 Å². The second-order valence-electron chi connectivity index (χ2n) is 16.5. The number of halogens is 6. The van der Waals surface area contributed by atoms with E-state index < -0.39 is 22.0 Å². The van der Waals surface area contributed by atoms with E-state index in [9.17, 15) is 34.6 Å². The molecule has 4 aromatic heterocycles. The Kier molecular flexibility index (Phi) is 31.6. The molecule has 7 aromatic rings. The molecule has 0 saturated carbocycles. The average molecular weight is 1520 g/mol. The van der Waals surface area contributed by atoms with Gasteiger partial charge in [0, 0.05) is 24.1 Å². The number of nitrogens with two attached hydrogens (primary N) is 1. The maximum absolute atomic E-state index is 12.6. The second kappa shape index (κ2) is 36.1. The molecule has 0 unspecified atom stereocenters. The van der Waals surface area contributed by atoms with Crippen LogP contribution in [-0.4, -0.2) is 66.4 Å². The van der Waals surface area contributed by atoms with Gasteiger partial charge in [-0.1, -0.05) is 112 Å². The number of carbonyl (C=O) groups excluding carboxylic acids is 2. The third kappa shape index (κ3) is 21.3. The number of H-pyrrole nitrogens is 1. The van der Waals surface area contributed by atoms with Crippen molar-refractivity contribution in [3.8, 4) is 5.88 Å². The molecule has 1 aliphatic heterocycles. The number of amides is 2. The number of aromatic nitrogens is 5. The zero-order valence-corrected chi connectivity index (χ0v) is 52.5. The number of alkyl halides is 1. The molecule has 20 nitrogen and oxygen atoms in total. The Labute approximate surface area is 530 Å². The molecule has 0 saturated heterocycles. The number of ether oxygens (including phenoxy) is 3. The number of fused-ring (bicyclic) bond motifs is 3. The van der Waals surface area contributed by atoms with Gasteiger partial charge in [-0.2, -0.15) is 4.98 Å². The fourth-order valence-corrected chi connectivity index (χ4v) is 10.0. The standard InChI is InChI=1S/C18H17Br2N3O4.C18H18N4O2.C10H11Cl.C8H7Br2N3O4.2CH4.HI/c1-3-6-12-7-5-8-13(9-12)11-22(18(24)27-4-2)14-10-15(19)21-17(20)16(14)23(25)26;19-17-16-14-10-15(20-17)24-8-3-1-2-5-12-6-4-7-13(9-12)11-22(14)18(23)21-16;1-2-4-9-5-3-6-10(7-9)8-11;1-2-17-8(14)11-4-3-5(9)12-7(10)6(4)13(15)16;;;/h3,5,7-10H,1,4,6,11H2,2H3;1-2,4,6-7,9-10H,3,5,8,11H2,(H2,19,20)(H,21,23);2-3,5-7H,1,4,8H2;3H,2H2,1H3,(H,11,12,14);2*1H4;1H/b;2-1+;;;;;. The molecule has 0 atom stereocenters. The van der Waals surface area contributed by atoms with Gasteiger partial charge in [0.1, 0.15) is 26.1 Å². The summed E-state index contributed by atoms with van der Waals surface area (Å²) in [6.45, 7) is 12.1. The lowest BCUT2D eigenvalue weighted by molar-refractivity contribution is -0.385. The number of aromatic amines is 1. The van der Waals surface area contributed by atoms with Crippen LogP contribution in [0.3, 0.4) is 0 Å². The van der Waals surface area contributed by atoms with Gasteiger partial charge in [-0.25, -0.2) is 24.4 Å². The van der Waals surface area contributed by atoms with Crippen LogP contribution in [-0.2, 0) is 47.7 Å². The Balaban J connectivity index is 0.000000385. The van der Waals surface area contributed by atoms with Gasteiger partial charge in [-0.05, 0) is 137 Å². The molecule has 0 aliphatic carbocycles. The second-order valence-corrected chi connectivity index (χ2v) is 19.9. The summed E-state index contributed by atoms with van der Waals surface area (Å²) in [6.07, 6.45) is 9.73. The summed E-state index contributed by atoms with van der Waals surface area (Å²) in [6, 6.07) is 28.6. The topological polar surface area (TPSA) is 266 Å². The molecule has 4 N–H and O–H groups in total.